The van der Waals surface area contributed by atoms with E-state index in [0.29, 0.717) is 28.0 Å². The van der Waals surface area contributed by atoms with Crippen LogP contribution in [0.5, 0.6) is 0 Å². The van der Waals surface area contributed by atoms with Crippen molar-refractivity contribution in [3.63, 3.8) is 0 Å². The summed E-state index contributed by atoms with van der Waals surface area (Å²) in [6, 6.07) is 1.52. The number of pyridine rings is 1. The number of aryl methyl sites for hydroxylation is 1. The van der Waals surface area contributed by atoms with Gasteiger partial charge in [0.05, 0.1) is 32.7 Å². The summed E-state index contributed by atoms with van der Waals surface area (Å²) in [4.78, 5) is 4.04. The van der Waals surface area contributed by atoms with E-state index in [2.05, 4.69) is 10.1 Å². The highest BCUT2D eigenvalue weighted by Gasteiger charge is 2.22. The van der Waals surface area contributed by atoms with Gasteiger partial charge in [0.25, 0.3) is 0 Å². The minimum atomic E-state index is -1.04. The molecule has 0 saturated heterocycles. The van der Waals surface area contributed by atoms with Crippen LogP contribution in [0, 0.1) is 0 Å². The van der Waals surface area contributed by atoms with Crippen LogP contribution < -0.4 is 0 Å². The molecule has 0 aliphatic heterocycles. The van der Waals surface area contributed by atoms with Crippen LogP contribution in [0.2, 0.25) is 15.1 Å². The predicted molar refractivity (Wildman–Crippen MR) is 71.2 cm³/mol. The van der Waals surface area contributed by atoms with Gasteiger partial charge in [-0.25, -0.2) is 0 Å². The molecule has 0 aliphatic carbocycles. The lowest BCUT2D eigenvalue weighted by Gasteiger charge is -2.14. The van der Waals surface area contributed by atoms with Gasteiger partial charge in [0, 0.05) is 12.7 Å². The zero-order valence-corrected chi connectivity index (χ0v) is 11.7. The highest BCUT2D eigenvalue weighted by atomic mass is 35.5. The van der Waals surface area contributed by atoms with E-state index in [1.165, 1.54) is 18.5 Å². The van der Waals surface area contributed by atoms with Crippen LogP contribution in [0.15, 0.2) is 18.5 Å². The fraction of sp³-hybridized carbons (Fsp3) is 0.273. The first-order chi connectivity index (χ1) is 8.54. The van der Waals surface area contributed by atoms with Crippen LogP contribution in [0.3, 0.4) is 0 Å². The average Bonchev–Trinajstić information content (AvgIpc) is 2.69. The number of halogens is 3. The average molecular weight is 307 g/mol. The first kappa shape index (κ1) is 13.6. The van der Waals surface area contributed by atoms with E-state index in [-0.39, 0.29) is 5.02 Å². The Bertz CT molecular complexity index is 571. The molecule has 0 aromatic carbocycles. The molecule has 1 unspecified atom stereocenters. The monoisotopic (exact) mass is 305 g/mol. The molecule has 2 aromatic rings. The molecule has 0 fully saturated rings. The first-order valence-electron chi connectivity index (χ1n) is 5.24. The molecule has 0 spiro atoms. The maximum Gasteiger partial charge on any atom is 0.140 e. The van der Waals surface area contributed by atoms with Crippen LogP contribution in [-0.2, 0) is 6.54 Å². The van der Waals surface area contributed by atoms with Crippen molar-refractivity contribution in [1.29, 1.82) is 0 Å². The number of aliphatic hydroxyl groups is 1. The minimum absolute atomic E-state index is 0.287. The number of aromatic nitrogens is 3. The quantitative estimate of drug-likeness (QED) is 0.946. The topological polar surface area (TPSA) is 50.9 Å². The van der Waals surface area contributed by atoms with Crippen molar-refractivity contribution in [2.75, 3.05) is 0 Å². The summed E-state index contributed by atoms with van der Waals surface area (Å²) in [5, 5.41) is 15.4. The molecule has 2 rings (SSSR count). The Morgan fingerprint density at radius 2 is 2.00 bits per heavy atom. The molecule has 7 heteroatoms. The van der Waals surface area contributed by atoms with Gasteiger partial charge in [-0.3, -0.25) is 9.67 Å². The molecule has 2 aromatic heterocycles. The Morgan fingerprint density at radius 1 is 1.28 bits per heavy atom. The summed E-state index contributed by atoms with van der Waals surface area (Å²) >= 11 is 17.8. The summed E-state index contributed by atoms with van der Waals surface area (Å²) in [6.07, 6.45) is 1.87. The van der Waals surface area contributed by atoms with E-state index in [0.717, 1.165) is 0 Å². The van der Waals surface area contributed by atoms with Gasteiger partial charge < -0.3 is 5.11 Å². The Kier molecular flexibility index (Phi) is 4.12. The van der Waals surface area contributed by atoms with Crippen LogP contribution in [0.1, 0.15) is 24.4 Å². The highest BCUT2D eigenvalue weighted by Crippen LogP contribution is 2.31. The zero-order valence-electron chi connectivity index (χ0n) is 9.44. The summed E-state index contributed by atoms with van der Waals surface area (Å²) < 4.78 is 1.60. The maximum atomic E-state index is 10.3. The van der Waals surface area contributed by atoms with Gasteiger partial charge in [-0.15, -0.1) is 0 Å². The van der Waals surface area contributed by atoms with Crippen LogP contribution in [0.25, 0.3) is 0 Å². The van der Waals surface area contributed by atoms with Crippen molar-refractivity contribution >= 4 is 34.8 Å². The Morgan fingerprint density at radius 3 is 2.61 bits per heavy atom. The molecule has 1 atom stereocenters. The fourth-order valence-corrected chi connectivity index (χ4v) is 2.38. The second kappa shape index (κ2) is 5.45. The number of hydrogen-bond acceptors (Lipinski definition) is 3. The first-order valence-corrected chi connectivity index (χ1v) is 6.38. The van der Waals surface area contributed by atoms with Gasteiger partial charge in [-0.1, -0.05) is 34.8 Å². The van der Waals surface area contributed by atoms with Crippen molar-refractivity contribution in [3.8, 4) is 0 Å². The molecule has 2 heterocycles. The van der Waals surface area contributed by atoms with Crippen LogP contribution >= 0.6 is 34.8 Å². The van der Waals surface area contributed by atoms with Gasteiger partial charge in [0.15, 0.2) is 0 Å². The van der Waals surface area contributed by atoms with E-state index in [1.807, 2.05) is 6.92 Å². The molecule has 0 bridgehead atoms. The molecule has 0 radical (unpaired) electrons. The van der Waals surface area contributed by atoms with Gasteiger partial charge >= 0.3 is 0 Å². The SMILES string of the molecule is CCn1ncc(Cl)c1C(O)c1ncc(Cl)cc1Cl. The Hall–Kier alpha value is -0.810. The molecule has 1 N–H and O–H groups in total. The van der Waals surface area contributed by atoms with Crippen molar-refractivity contribution in [1.82, 2.24) is 14.8 Å². The van der Waals surface area contributed by atoms with Gasteiger partial charge in [-0.05, 0) is 13.0 Å². The molecule has 0 aliphatic rings. The smallest absolute Gasteiger partial charge is 0.140 e. The van der Waals surface area contributed by atoms with Crippen molar-refractivity contribution < 1.29 is 5.11 Å². The van der Waals surface area contributed by atoms with Crippen molar-refractivity contribution in [2.24, 2.45) is 0 Å². The lowest BCUT2D eigenvalue weighted by molar-refractivity contribution is 0.203. The second-order valence-corrected chi connectivity index (χ2v) is 4.87. The fourth-order valence-electron chi connectivity index (χ4n) is 1.65. The molecule has 18 heavy (non-hydrogen) atoms. The normalized spacial score (nSPS) is 12.7. The van der Waals surface area contributed by atoms with Gasteiger partial charge in [0.1, 0.15) is 6.10 Å². The third kappa shape index (κ3) is 2.47. The van der Waals surface area contributed by atoms with Crippen molar-refractivity contribution in [3.05, 3.63) is 44.9 Å². The van der Waals surface area contributed by atoms with E-state index in [1.54, 1.807) is 4.68 Å². The van der Waals surface area contributed by atoms with E-state index in [4.69, 9.17) is 34.8 Å². The second-order valence-electron chi connectivity index (χ2n) is 3.62. The summed E-state index contributed by atoms with van der Waals surface area (Å²) in [6.45, 7) is 2.49. The van der Waals surface area contributed by atoms with Gasteiger partial charge in [-0.2, -0.15) is 5.10 Å². The molecule has 96 valence electrons. The Balaban J connectivity index is 2.47. The highest BCUT2D eigenvalue weighted by molar-refractivity contribution is 6.35. The summed E-state index contributed by atoms with van der Waals surface area (Å²) in [7, 11) is 0. The van der Waals surface area contributed by atoms with Crippen molar-refractivity contribution in [2.45, 2.75) is 19.6 Å². The van der Waals surface area contributed by atoms with E-state index < -0.39 is 6.10 Å². The van der Waals surface area contributed by atoms with E-state index >= 15 is 0 Å². The zero-order chi connectivity index (χ0) is 13.3. The molecule has 0 amide bonds. The van der Waals surface area contributed by atoms with Crippen LogP contribution in [-0.4, -0.2) is 19.9 Å². The van der Waals surface area contributed by atoms with Crippen LogP contribution in [0.4, 0.5) is 0 Å². The summed E-state index contributed by atoms with van der Waals surface area (Å²) in [5.74, 6) is 0. The number of aliphatic hydroxyl groups excluding tert-OH is 1. The molecule has 0 saturated carbocycles. The number of hydrogen-bond donors (Lipinski definition) is 1. The third-order valence-electron chi connectivity index (χ3n) is 2.49. The number of nitrogens with zero attached hydrogens (tertiary/aromatic N) is 3. The standard InChI is InChI=1S/C11H10Cl3N3O/c1-2-17-10(8(14)5-16-17)11(18)9-7(13)3-6(12)4-15-9/h3-5,11,18H,2H2,1H3. The Labute approximate surface area is 119 Å². The molecular formula is C11H10Cl3N3O. The molecular weight excluding hydrogens is 296 g/mol. The largest absolute Gasteiger partial charge is 0.380 e. The lowest BCUT2D eigenvalue weighted by Crippen LogP contribution is -2.11. The number of rotatable bonds is 3. The van der Waals surface area contributed by atoms with Gasteiger partial charge in [0.2, 0.25) is 0 Å². The third-order valence-corrected chi connectivity index (χ3v) is 3.29. The molecule has 4 nitrogen and oxygen atoms in total. The minimum Gasteiger partial charge on any atom is -0.380 e. The predicted octanol–water partition coefficient (Wildman–Crippen LogP) is 3.34. The maximum absolute atomic E-state index is 10.3. The summed E-state index contributed by atoms with van der Waals surface area (Å²) in [5.41, 5.74) is 0.772. The lowest BCUT2D eigenvalue weighted by atomic mass is 10.1. The van der Waals surface area contributed by atoms with E-state index in [9.17, 15) is 5.11 Å².